The first-order valence-electron chi connectivity index (χ1n) is 4.20. The number of nitrogens with one attached hydrogen (secondary N) is 1. The lowest BCUT2D eigenvalue weighted by Gasteiger charge is -2.26. The molecule has 3 nitrogen and oxygen atoms in total. The average molecular weight is 157 g/mol. The van der Waals surface area contributed by atoms with Gasteiger partial charge in [-0.1, -0.05) is 13.3 Å². The van der Waals surface area contributed by atoms with Crippen LogP contribution in [0.25, 0.3) is 0 Å². The number of hydrogen-bond donors (Lipinski definition) is 2. The van der Waals surface area contributed by atoms with E-state index in [-0.39, 0.29) is 6.04 Å². The van der Waals surface area contributed by atoms with Crippen LogP contribution in [0.4, 0.5) is 0 Å². The molecule has 1 aliphatic heterocycles. The Kier molecular flexibility index (Phi) is 2.88. The topological polar surface area (TPSA) is 49.3 Å². The summed E-state index contributed by atoms with van der Waals surface area (Å²) < 4.78 is 0. The molecule has 2 N–H and O–H groups in total. The summed E-state index contributed by atoms with van der Waals surface area (Å²) in [6, 6.07) is -0.298. The van der Waals surface area contributed by atoms with Crippen LogP contribution >= 0.6 is 0 Å². The maximum Gasteiger partial charge on any atom is 0.320 e. The van der Waals surface area contributed by atoms with Crippen molar-refractivity contribution in [2.24, 2.45) is 5.92 Å². The van der Waals surface area contributed by atoms with Crippen molar-refractivity contribution in [3.63, 3.8) is 0 Å². The van der Waals surface area contributed by atoms with Gasteiger partial charge in [-0.2, -0.15) is 0 Å². The predicted octanol–water partition coefficient (Wildman–Crippen LogP) is 0.849. The number of hydrogen-bond acceptors (Lipinski definition) is 2. The van der Waals surface area contributed by atoms with E-state index < -0.39 is 5.97 Å². The molecule has 0 amide bonds. The van der Waals surface area contributed by atoms with Crippen LogP contribution in [0.5, 0.6) is 0 Å². The molecule has 1 saturated heterocycles. The highest BCUT2D eigenvalue weighted by Gasteiger charge is 2.24. The van der Waals surface area contributed by atoms with Crippen molar-refractivity contribution in [3.8, 4) is 0 Å². The van der Waals surface area contributed by atoms with Crippen molar-refractivity contribution in [1.82, 2.24) is 5.32 Å². The molecule has 0 bridgehead atoms. The fourth-order valence-corrected chi connectivity index (χ4v) is 1.56. The van der Waals surface area contributed by atoms with E-state index in [9.17, 15) is 4.79 Å². The monoisotopic (exact) mass is 157 g/mol. The van der Waals surface area contributed by atoms with Gasteiger partial charge in [0, 0.05) is 0 Å². The van der Waals surface area contributed by atoms with Crippen LogP contribution < -0.4 is 5.32 Å². The average Bonchev–Trinajstić information content (AvgIpc) is 2.05. The highest BCUT2D eigenvalue weighted by Crippen LogP contribution is 2.18. The van der Waals surface area contributed by atoms with Gasteiger partial charge in [0.15, 0.2) is 0 Å². The van der Waals surface area contributed by atoms with Crippen LogP contribution in [-0.2, 0) is 4.79 Å². The molecule has 0 aromatic carbocycles. The van der Waals surface area contributed by atoms with Gasteiger partial charge in [0.25, 0.3) is 0 Å². The molecule has 2 atom stereocenters. The molecule has 3 heteroatoms. The minimum absolute atomic E-state index is 0.298. The van der Waals surface area contributed by atoms with Gasteiger partial charge in [-0.15, -0.1) is 0 Å². The lowest BCUT2D eigenvalue weighted by Crippen LogP contribution is -2.43. The van der Waals surface area contributed by atoms with Crippen molar-refractivity contribution >= 4 is 5.97 Å². The van der Waals surface area contributed by atoms with E-state index in [0.717, 1.165) is 25.8 Å². The lowest BCUT2D eigenvalue weighted by atomic mass is 9.90. The molecule has 64 valence electrons. The van der Waals surface area contributed by atoms with E-state index >= 15 is 0 Å². The normalized spacial score (nSPS) is 31.7. The zero-order chi connectivity index (χ0) is 8.27. The lowest BCUT2D eigenvalue weighted by molar-refractivity contribution is -0.140. The summed E-state index contributed by atoms with van der Waals surface area (Å²) in [5, 5.41) is 11.7. The van der Waals surface area contributed by atoms with Crippen LogP contribution in [0.15, 0.2) is 0 Å². The molecular formula is C8H15NO2. The summed E-state index contributed by atoms with van der Waals surface area (Å²) in [5.74, 6) is -0.0968. The Morgan fingerprint density at radius 3 is 3.00 bits per heavy atom. The smallest absolute Gasteiger partial charge is 0.320 e. The zero-order valence-corrected chi connectivity index (χ0v) is 6.84. The summed E-state index contributed by atoms with van der Waals surface area (Å²) in [6.45, 7) is 2.98. The van der Waals surface area contributed by atoms with Crippen molar-refractivity contribution in [2.75, 3.05) is 6.54 Å². The number of carboxylic acids is 1. The summed E-state index contributed by atoms with van der Waals surface area (Å²) >= 11 is 0. The summed E-state index contributed by atoms with van der Waals surface area (Å²) in [7, 11) is 0. The molecule has 0 spiro atoms. The quantitative estimate of drug-likeness (QED) is 0.624. The Morgan fingerprint density at radius 2 is 2.45 bits per heavy atom. The van der Waals surface area contributed by atoms with Crippen LogP contribution in [-0.4, -0.2) is 23.7 Å². The molecule has 11 heavy (non-hydrogen) atoms. The fraction of sp³-hybridized carbons (Fsp3) is 0.875. The molecule has 0 aromatic rings. The summed E-state index contributed by atoms with van der Waals surface area (Å²) in [6.07, 6.45) is 3.03. The van der Waals surface area contributed by atoms with Crippen molar-refractivity contribution < 1.29 is 9.90 Å². The third-order valence-corrected chi connectivity index (χ3v) is 2.39. The van der Waals surface area contributed by atoms with Gasteiger partial charge in [-0.05, 0) is 25.3 Å². The van der Waals surface area contributed by atoms with Gasteiger partial charge in [-0.25, -0.2) is 0 Å². The second-order valence-electron chi connectivity index (χ2n) is 3.14. The van der Waals surface area contributed by atoms with E-state index in [1.165, 1.54) is 0 Å². The Hall–Kier alpha value is -0.570. The first kappa shape index (κ1) is 8.53. The Morgan fingerprint density at radius 1 is 1.73 bits per heavy atom. The van der Waals surface area contributed by atoms with Gasteiger partial charge in [0.05, 0.1) is 0 Å². The standard InChI is InChI=1S/C8H15NO2/c1-2-6-3-4-9-7(5-6)8(10)11/h6-7,9H,2-5H2,1H3,(H,10,11)/t6?,7-/m1/s1. The van der Waals surface area contributed by atoms with Gasteiger partial charge in [0.1, 0.15) is 6.04 Å². The first-order chi connectivity index (χ1) is 5.24. The third-order valence-electron chi connectivity index (χ3n) is 2.39. The molecule has 0 saturated carbocycles. The molecular weight excluding hydrogens is 142 g/mol. The van der Waals surface area contributed by atoms with E-state index in [1.54, 1.807) is 0 Å². The molecule has 1 heterocycles. The fourth-order valence-electron chi connectivity index (χ4n) is 1.56. The van der Waals surface area contributed by atoms with Crippen molar-refractivity contribution in [1.29, 1.82) is 0 Å². The molecule has 1 rings (SSSR count). The molecule has 1 unspecified atom stereocenters. The maximum atomic E-state index is 10.6. The molecule has 0 radical (unpaired) electrons. The Bertz CT molecular complexity index is 147. The van der Waals surface area contributed by atoms with Crippen LogP contribution in [0.2, 0.25) is 0 Å². The minimum atomic E-state index is -0.705. The van der Waals surface area contributed by atoms with Gasteiger partial charge < -0.3 is 10.4 Å². The van der Waals surface area contributed by atoms with Gasteiger partial charge in [0.2, 0.25) is 0 Å². The highest BCUT2D eigenvalue weighted by molar-refractivity contribution is 5.73. The molecule has 1 aliphatic rings. The number of piperidine rings is 1. The second kappa shape index (κ2) is 3.72. The van der Waals surface area contributed by atoms with Gasteiger partial charge >= 0.3 is 5.97 Å². The minimum Gasteiger partial charge on any atom is -0.480 e. The number of aliphatic carboxylic acids is 1. The molecule has 0 aliphatic carbocycles. The van der Waals surface area contributed by atoms with E-state index in [0.29, 0.717) is 5.92 Å². The zero-order valence-electron chi connectivity index (χ0n) is 6.84. The summed E-state index contributed by atoms with van der Waals surface area (Å²) in [5.41, 5.74) is 0. The second-order valence-corrected chi connectivity index (χ2v) is 3.14. The Labute approximate surface area is 66.8 Å². The van der Waals surface area contributed by atoms with Crippen LogP contribution in [0, 0.1) is 5.92 Å². The molecule has 1 fully saturated rings. The highest BCUT2D eigenvalue weighted by atomic mass is 16.4. The van der Waals surface area contributed by atoms with Crippen molar-refractivity contribution in [2.45, 2.75) is 32.2 Å². The maximum absolute atomic E-state index is 10.6. The van der Waals surface area contributed by atoms with E-state index in [1.807, 2.05) is 0 Å². The SMILES string of the molecule is CCC1CCN[C@@H](C(=O)O)C1. The molecule has 0 aromatic heterocycles. The van der Waals surface area contributed by atoms with Crippen LogP contribution in [0.3, 0.4) is 0 Å². The number of carbonyl (C=O) groups is 1. The predicted molar refractivity (Wildman–Crippen MR) is 42.4 cm³/mol. The third kappa shape index (κ3) is 2.19. The number of rotatable bonds is 2. The van der Waals surface area contributed by atoms with Crippen molar-refractivity contribution in [3.05, 3.63) is 0 Å². The number of carboxylic acid groups (broad SMARTS) is 1. The van der Waals surface area contributed by atoms with E-state index in [2.05, 4.69) is 12.2 Å². The van der Waals surface area contributed by atoms with Crippen LogP contribution in [0.1, 0.15) is 26.2 Å². The van der Waals surface area contributed by atoms with Gasteiger partial charge in [-0.3, -0.25) is 4.79 Å². The van der Waals surface area contributed by atoms with E-state index in [4.69, 9.17) is 5.11 Å². The first-order valence-corrected chi connectivity index (χ1v) is 4.20. The largest absolute Gasteiger partial charge is 0.480 e. The summed E-state index contributed by atoms with van der Waals surface area (Å²) in [4.78, 5) is 10.6. The Balaban J connectivity index is 2.39.